The third kappa shape index (κ3) is 4.85. The summed E-state index contributed by atoms with van der Waals surface area (Å²) in [5.41, 5.74) is 1.00. The van der Waals surface area contributed by atoms with E-state index < -0.39 is 10.1 Å². The largest absolute Gasteiger partial charge is 0.379 e. The summed E-state index contributed by atoms with van der Waals surface area (Å²) in [6.45, 7) is 6.28. The number of benzene rings is 1. The highest BCUT2D eigenvalue weighted by Crippen LogP contribution is 2.12. The molecule has 0 amide bonds. The number of hydrogen-bond donors (Lipinski definition) is 0. The van der Waals surface area contributed by atoms with Gasteiger partial charge in [-0.25, -0.2) is 0 Å². The van der Waals surface area contributed by atoms with Crippen molar-refractivity contribution < 1.29 is 17.3 Å². The molecule has 4 nitrogen and oxygen atoms in total. The van der Waals surface area contributed by atoms with Crippen LogP contribution in [0, 0.1) is 13.8 Å². The summed E-state index contributed by atoms with van der Waals surface area (Å²) in [4.78, 5) is 0.167. The fraction of sp³-hybridized carbons (Fsp3) is 0.417. The summed E-state index contributed by atoms with van der Waals surface area (Å²) in [7, 11) is -3.66. The van der Waals surface area contributed by atoms with Crippen LogP contribution >= 0.6 is 0 Å². The minimum atomic E-state index is -3.66. The SMILES string of the molecule is [CH2]CCOCCOS(=O)(=O)c1ccc(C)cc1. The first-order valence-corrected chi connectivity index (χ1v) is 6.80. The van der Waals surface area contributed by atoms with E-state index in [2.05, 4.69) is 6.92 Å². The monoisotopic (exact) mass is 257 g/mol. The highest BCUT2D eigenvalue weighted by atomic mass is 32.2. The molecule has 1 aromatic carbocycles. The zero-order valence-electron chi connectivity index (χ0n) is 9.89. The summed E-state index contributed by atoms with van der Waals surface area (Å²) >= 11 is 0. The minimum absolute atomic E-state index is 0.0240. The summed E-state index contributed by atoms with van der Waals surface area (Å²) in [6, 6.07) is 6.52. The summed E-state index contributed by atoms with van der Waals surface area (Å²) in [6.07, 6.45) is 0.657. The van der Waals surface area contributed by atoms with Crippen LogP contribution in [0.15, 0.2) is 29.2 Å². The van der Waals surface area contributed by atoms with Crippen molar-refractivity contribution in [2.24, 2.45) is 0 Å². The Hall–Kier alpha value is -0.910. The van der Waals surface area contributed by atoms with Gasteiger partial charge in [0.1, 0.15) is 0 Å². The first-order valence-electron chi connectivity index (χ1n) is 5.39. The van der Waals surface area contributed by atoms with Crippen LogP contribution in [0.5, 0.6) is 0 Å². The molecule has 17 heavy (non-hydrogen) atoms. The predicted molar refractivity (Wildman–Crippen MR) is 65.1 cm³/mol. The Morgan fingerprint density at radius 3 is 2.35 bits per heavy atom. The van der Waals surface area contributed by atoms with Gasteiger partial charge in [0, 0.05) is 6.61 Å². The standard InChI is InChI=1S/C12H17O4S/c1-3-8-15-9-10-16-17(13,14)12-6-4-11(2)5-7-12/h4-7H,1,3,8-10H2,2H3. The lowest BCUT2D eigenvalue weighted by Gasteiger charge is -2.06. The van der Waals surface area contributed by atoms with Crippen molar-refractivity contribution in [2.75, 3.05) is 19.8 Å². The lowest BCUT2D eigenvalue weighted by Crippen LogP contribution is -2.11. The average Bonchev–Trinajstić information content (AvgIpc) is 2.29. The highest BCUT2D eigenvalue weighted by Gasteiger charge is 2.14. The Morgan fingerprint density at radius 2 is 1.76 bits per heavy atom. The molecule has 0 saturated heterocycles. The van der Waals surface area contributed by atoms with E-state index in [0.717, 1.165) is 5.56 Å². The van der Waals surface area contributed by atoms with Gasteiger partial charge in [-0.1, -0.05) is 24.6 Å². The van der Waals surface area contributed by atoms with E-state index in [-0.39, 0.29) is 18.1 Å². The number of hydrogen-bond acceptors (Lipinski definition) is 4. The number of aryl methyl sites for hydroxylation is 1. The molecule has 0 aromatic heterocycles. The van der Waals surface area contributed by atoms with Crippen LogP contribution in [0.25, 0.3) is 0 Å². The molecule has 1 aromatic rings. The second kappa shape index (κ2) is 6.74. The van der Waals surface area contributed by atoms with Gasteiger partial charge in [0.05, 0.1) is 18.1 Å². The van der Waals surface area contributed by atoms with Gasteiger partial charge in [-0.05, 0) is 25.5 Å². The molecule has 0 unspecified atom stereocenters. The van der Waals surface area contributed by atoms with Crippen molar-refractivity contribution >= 4 is 10.1 Å². The molecule has 0 saturated carbocycles. The zero-order chi connectivity index (χ0) is 12.7. The Bertz CT molecular complexity index is 422. The topological polar surface area (TPSA) is 52.6 Å². The molecule has 1 rings (SSSR count). The minimum Gasteiger partial charge on any atom is -0.379 e. The first-order chi connectivity index (χ1) is 8.06. The highest BCUT2D eigenvalue weighted by molar-refractivity contribution is 7.86. The molecule has 0 aliphatic rings. The third-order valence-corrected chi connectivity index (χ3v) is 3.39. The van der Waals surface area contributed by atoms with Gasteiger partial charge in [0.2, 0.25) is 0 Å². The predicted octanol–water partition coefficient (Wildman–Crippen LogP) is 1.94. The Balaban J connectivity index is 2.48. The molecule has 0 spiro atoms. The summed E-state index contributed by atoms with van der Waals surface area (Å²) in [5, 5.41) is 0. The summed E-state index contributed by atoms with van der Waals surface area (Å²) < 4.78 is 33.3. The van der Waals surface area contributed by atoms with E-state index in [1.165, 1.54) is 12.1 Å². The van der Waals surface area contributed by atoms with E-state index in [4.69, 9.17) is 8.92 Å². The molecule has 5 heteroatoms. The molecule has 0 fully saturated rings. The van der Waals surface area contributed by atoms with E-state index in [0.29, 0.717) is 13.0 Å². The molecular weight excluding hydrogens is 240 g/mol. The molecule has 0 aliphatic heterocycles. The molecule has 0 bridgehead atoms. The van der Waals surface area contributed by atoms with Crippen molar-refractivity contribution in [2.45, 2.75) is 18.2 Å². The van der Waals surface area contributed by atoms with Crippen molar-refractivity contribution in [3.05, 3.63) is 36.8 Å². The van der Waals surface area contributed by atoms with Gasteiger partial charge < -0.3 is 4.74 Å². The molecule has 0 aliphatic carbocycles. The van der Waals surface area contributed by atoms with Crippen LogP contribution in [0.4, 0.5) is 0 Å². The van der Waals surface area contributed by atoms with Gasteiger partial charge in [-0.2, -0.15) is 8.42 Å². The lowest BCUT2D eigenvalue weighted by atomic mass is 10.2. The molecule has 0 N–H and O–H groups in total. The van der Waals surface area contributed by atoms with Gasteiger partial charge in [-0.15, -0.1) is 0 Å². The van der Waals surface area contributed by atoms with Crippen molar-refractivity contribution in [1.82, 2.24) is 0 Å². The molecular formula is C12H17O4S. The quantitative estimate of drug-likeness (QED) is 0.553. The second-order valence-electron chi connectivity index (χ2n) is 3.56. The maximum absolute atomic E-state index is 11.7. The van der Waals surface area contributed by atoms with E-state index in [1.54, 1.807) is 12.1 Å². The third-order valence-electron chi connectivity index (χ3n) is 2.06. The van der Waals surface area contributed by atoms with Crippen LogP contribution in [0.2, 0.25) is 0 Å². The molecule has 95 valence electrons. The lowest BCUT2D eigenvalue weighted by molar-refractivity contribution is 0.105. The number of ether oxygens (including phenoxy) is 1. The maximum atomic E-state index is 11.7. The molecule has 0 heterocycles. The van der Waals surface area contributed by atoms with E-state index in [9.17, 15) is 8.42 Å². The molecule has 1 radical (unpaired) electrons. The van der Waals surface area contributed by atoms with Crippen LogP contribution < -0.4 is 0 Å². The normalized spacial score (nSPS) is 11.6. The Morgan fingerprint density at radius 1 is 1.12 bits per heavy atom. The van der Waals surface area contributed by atoms with Crippen molar-refractivity contribution in [3.63, 3.8) is 0 Å². The van der Waals surface area contributed by atoms with E-state index >= 15 is 0 Å². The van der Waals surface area contributed by atoms with E-state index in [1.807, 2.05) is 6.92 Å². The van der Waals surface area contributed by atoms with Crippen LogP contribution in [-0.4, -0.2) is 28.2 Å². The number of rotatable bonds is 7. The smallest absolute Gasteiger partial charge is 0.297 e. The zero-order valence-corrected chi connectivity index (χ0v) is 10.7. The van der Waals surface area contributed by atoms with Crippen LogP contribution in [-0.2, 0) is 19.0 Å². The maximum Gasteiger partial charge on any atom is 0.297 e. The van der Waals surface area contributed by atoms with Crippen LogP contribution in [0.1, 0.15) is 12.0 Å². The average molecular weight is 257 g/mol. The Kier molecular flexibility index (Phi) is 5.61. The molecule has 0 atom stereocenters. The second-order valence-corrected chi connectivity index (χ2v) is 5.17. The van der Waals surface area contributed by atoms with Crippen molar-refractivity contribution in [3.8, 4) is 0 Å². The fourth-order valence-corrected chi connectivity index (χ4v) is 2.07. The summed E-state index contributed by atoms with van der Waals surface area (Å²) in [5.74, 6) is 0. The van der Waals surface area contributed by atoms with Gasteiger partial charge in [0.25, 0.3) is 10.1 Å². The van der Waals surface area contributed by atoms with Crippen LogP contribution in [0.3, 0.4) is 0 Å². The van der Waals surface area contributed by atoms with Gasteiger partial charge in [0.15, 0.2) is 0 Å². The fourth-order valence-electron chi connectivity index (χ4n) is 1.18. The van der Waals surface area contributed by atoms with Gasteiger partial charge in [-0.3, -0.25) is 4.18 Å². The first kappa shape index (κ1) is 14.2. The Labute approximate surface area is 103 Å². The van der Waals surface area contributed by atoms with Gasteiger partial charge >= 0.3 is 0 Å². The van der Waals surface area contributed by atoms with Crippen molar-refractivity contribution in [1.29, 1.82) is 0 Å².